The van der Waals surface area contributed by atoms with Crippen LogP contribution in [0.3, 0.4) is 0 Å². The predicted octanol–water partition coefficient (Wildman–Crippen LogP) is 5.02. The molecule has 0 atom stereocenters. The topological polar surface area (TPSA) is 77.9 Å². The molecule has 1 aliphatic heterocycles. The normalized spacial score (nSPS) is 21.2. The molecule has 0 radical (unpaired) electrons. The number of carboxylic acid groups (broad SMARTS) is 1. The highest BCUT2D eigenvalue weighted by molar-refractivity contribution is 7.15. The minimum Gasteiger partial charge on any atom is -0.477 e. The second kappa shape index (κ2) is 10.7. The number of aromatic carboxylic acids is 1. The number of rotatable bonds is 5. The summed E-state index contributed by atoms with van der Waals surface area (Å²) >= 11 is 1.07. The van der Waals surface area contributed by atoms with Crippen molar-refractivity contribution in [2.24, 2.45) is 17.3 Å². The Morgan fingerprint density at radius 2 is 1.76 bits per heavy atom. The Labute approximate surface area is 201 Å². The van der Waals surface area contributed by atoms with Crippen molar-refractivity contribution in [3.8, 4) is 11.8 Å². The van der Waals surface area contributed by atoms with Gasteiger partial charge in [-0.3, -0.25) is 9.59 Å². The first kappa shape index (κ1) is 25.3. The zero-order valence-corrected chi connectivity index (χ0v) is 21.1. The molecule has 1 aliphatic carbocycles. The Kier molecular flexibility index (Phi) is 8.23. The van der Waals surface area contributed by atoms with Gasteiger partial charge in [-0.1, -0.05) is 18.8 Å². The number of likely N-dealkylation sites (tertiary alicyclic amines) is 1. The van der Waals surface area contributed by atoms with Gasteiger partial charge in [0.15, 0.2) is 0 Å². The molecule has 1 aromatic heterocycles. The first-order valence-electron chi connectivity index (χ1n) is 12.0. The van der Waals surface area contributed by atoms with Crippen molar-refractivity contribution in [2.45, 2.75) is 72.6 Å². The van der Waals surface area contributed by atoms with Crippen molar-refractivity contribution in [3.05, 3.63) is 15.8 Å². The van der Waals surface area contributed by atoms with Crippen LogP contribution in [0, 0.1) is 29.1 Å². The van der Waals surface area contributed by atoms with Gasteiger partial charge in [0, 0.05) is 24.4 Å². The van der Waals surface area contributed by atoms with Crippen molar-refractivity contribution >= 4 is 34.8 Å². The highest BCUT2D eigenvalue weighted by atomic mass is 32.1. The lowest BCUT2D eigenvalue weighted by molar-refractivity contribution is -0.133. The maximum atomic E-state index is 13.7. The molecule has 1 aromatic rings. The molecule has 1 saturated heterocycles. The minimum atomic E-state index is -1.10. The molecule has 180 valence electrons. The molecule has 0 unspecified atom stereocenters. The highest BCUT2D eigenvalue weighted by Crippen LogP contribution is 2.35. The van der Waals surface area contributed by atoms with E-state index in [-0.39, 0.29) is 34.6 Å². The number of hydrogen-bond donors (Lipinski definition) is 1. The van der Waals surface area contributed by atoms with E-state index in [2.05, 4.69) is 18.8 Å². The van der Waals surface area contributed by atoms with E-state index in [0.29, 0.717) is 29.6 Å². The van der Waals surface area contributed by atoms with E-state index in [4.69, 9.17) is 0 Å². The number of piperidine rings is 1. The number of hydrogen-bond acceptors (Lipinski definition) is 4. The van der Waals surface area contributed by atoms with Crippen molar-refractivity contribution in [3.63, 3.8) is 0 Å². The van der Waals surface area contributed by atoms with Gasteiger partial charge < -0.3 is 14.9 Å². The molecule has 1 N–H and O–H groups in total. The smallest absolute Gasteiger partial charge is 0.348 e. The van der Waals surface area contributed by atoms with E-state index < -0.39 is 5.97 Å². The zero-order valence-electron chi connectivity index (χ0n) is 20.3. The van der Waals surface area contributed by atoms with Crippen LogP contribution < -0.4 is 4.90 Å². The van der Waals surface area contributed by atoms with Gasteiger partial charge in [0.25, 0.3) is 0 Å². The van der Waals surface area contributed by atoms with Gasteiger partial charge in [0.1, 0.15) is 11.4 Å². The summed E-state index contributed by atoms with van der Waals surface area (Å²) in [5, 5.41) is 9.89. The van der Waals surface area contributed by atoms with Crippen molar-refractivity contribution in [1.82, 2.24) is 4.90 Å². The second-order valence-electron chi connectivity index (χ2n) is 10.5. The van der Waals surface area contributed by atoms with Crippen LogP contribution in [0.1, 0.15) is 87.2 Å². The molecule has 2 heterocycles. The SMILES string of the molecule is CC1CCC(C(=O)N(CC(=O)N2CCCCC2)c2cc(C#CC(C)(C)C)sc2C(=O)O)CC1. The lowest BCUT2D eigenvalue weighted by Crippen LogP contribution is -2.47. The average molecular weight is 473 g/mol. The predicted molar refractivity (Wildman–Crippen MR) is 132 cm³/mol. The van der Waals surface area contributed by atoms with Crippen LogP contribution >= 0.6 is 11.3 Å². The van der Waals surface area contributed by atoms with E-state index in [1.54, 1.807) is 11.0 Å². The molecule has 2 aliphatic rings. The quantitative estimate of drug-likeness (QED) is 0.611. The first-order valence-corrected chi connectivity index (χ1v) is 12.9. The van der Waals surface area contributed by atoms with Crippen LogP contribution in [0.15, 0.2) is 6.07 Å². The Bertz CT molecular complexity index is 936. The lowest BCUT2D eigenvalue weighted by Gasteiger charge is -2.33. The molecule has 0 bridgehead atoms. The fourth-order valence-electron chi connectivity index (χ4n) is 4.43. The summed E-state index contributed by atoms with van der Waals surface area (Å²) in [6.07, 6.45) is 6.53. The Hall–Kier alpha value is -2.33. The third-order valence-electron chi connectivity index (χ3n) is 6.39. The van der Waals surface area contributed by atoms with Crippen LogP contribution in [0.25, 0.3) is 0 Å². The van der Waals surface area contributed by atoms with Crippen LogP contribution in [0.4, 0.5) is 5.69 Å². The molecule has 7 heteroatoms. The van der Waals surface area contributed by atoms with Gasteiger partial charge in [0.05, 0.1) is 10.6 Å². The van der Waals surface area contributed by atoms with Gasteiger partial charge in [-0.2, -0.15) is 0 Å². The third kappa shape index (κ3) is 6.83. The monoisotopic (exact) mass is 472 g/mol. The van der Waals surface area contributed by atoms with E-state index in [1.807, 2.05) is 20.8 Å². The average Bonchev–Trinajstić information content (AvgIpc) is 3.20. The fourth-order valence-corrected chi connectivity index (χ4v) is 5.29. The van der Waals surface area contributed by atoms with E-state index in [1.165, 1.54) is 4.90 Å². The van der Waals surface area contributed by atoms with Gasteiger partial charge >= 0.3 is 5.97 Å². The minimum absolute atomic E-state index is 0.0668. The number of nitrogens with zero attached hydrogens (tertiary/aromatic N) is 2. The zero-order chi connectivity index (χ0) is 24.2. The van der Waals surface area contributed by atoms with E-state index in [9.17, 15) is 19.5 Å². The van der Waals surface area contributed by atoms with E-state index >= 15 is 0 Å². The first-order chi connectivity index (χ1) is 15.5. The van der Waals surface area contributed by atoms with Crippen molar-refractivity contribution < 1.29 is 19.5 Å². The van der Waals surface area contributed by atoms with Crippen LogP contribution in [-0.4, -0.2) is 47.4 Å². The highest BCUT2D eigenvalue weighted by Gasteiger charge is 2.34. The molecule has 0 spiro atoms. The molecule has 6 nitrogen and oxygen atoms in total. The lowest BCUT2D eigenvalue weighted by atomic mass is 9.82. The van der Waals surface area contributed by atoms with Crippen molar-refractivity contribution in [1.29, 1.82) is 0 Å². The van der Waals surface area contributed by atoms with Crippen LogP contribution in [-0.2, 0) is 9.59 Å². The number of amides is 2. The van der Waals surface area contributed by atoms with Crippen LogP contribution in [0.2, 0.25) is 0 Å². The maximum absolute atomic E-state index is 13.7. The van der Waals surface area contributed by atoms with Gasteiger partial charge in [0.2, 0.25) is 11.8 Å². The molecule has 1 saturated carbocycles. The molecule has 3 rings (SSSR count). The largest absolute Gasteiger partial charge is 0.477 e. The van der Waals surface area contributed by atoms with Gasteiger partial charge in [-0.05, 0) is 77.7 Å². The van der Waals surface area contributed by atoms with Crippen LogP contribution in [0.5, 0.6) is 0 Å². The third-order valence-corrected chi connectivity index (χ3v) is 7.42. The number of thiophene rings is 1. The Balaban J connectivity index is 1.95. The molecule has 2 amide bonds. The summed E-state index contributed by atoms with van der Waals surface area (Å²) in [5.74, 6) is 5.27. The Morgan fingerprint density at radius 3 is 2.33 bits per heavy atom. The number of carbonyl (C=O) groups excluding carboxylic acids is 2. The molecular formula is C26H36N2O4S. The fraction of sp³-hybridized carbons (Fsp3) is 0.654. The molecule has 2 fully saturated rings. The second-order valence-corrected chi connectivity index (χ2v) is 11.5. The Morgan fingerprint density at radius 1 is 1.12 bits per heavy atom. The maximum Gasteiger partial charge on any atom is 0.348 e. The number of carbonyl (C=O) groups is 3. The van der Waals surface area contributed by atoms with Gasteiger partial charge in [-0.25, -0.2) is 4.79 Å². The summed E-state index contributed by atoms with van der Waals surface area (Å²) in [6, 6.07) is 1.68. The van der Waals surface area contributed by atoms with E-state index in [0.717, 1.165) is 56.3 Å². The standard InChI is InChI=1S/C26H36N2O4S/c1-18-8-10-19(11-9-18)24(30)28(17-22(29)27-14-6-5-7-15-27)21-16-20(12-13-26(2,3)4)33-23(21)25(31)32/h16,18-19H,5-11,14-15,17H2,1-4H3,(H,31,32). The number of anilines is 1. The summed E-state index contributed by atoms with van der Waals surface area (Å²) in [6.45, 7) is 9.43. The summed E-state index contributed by atoms with van der Waals surface area (Å²) in [4.78, 5) is 42.8. The van der Waals surface area contributed by atoms with Gasteiger partial charge in [-0.15, -0.1) is 11.3 Å². The molecule has 0 aromatic carbocycles. The van der Waals surface area contributed by atoms with Crippen molar-refractivity contribution in [2.75, 3.05) is 24.5 Å². The summed E-state index contributed by atoms with van der Waals surface area (Å²) in [7, 11) is 0. The summed E-state index contributed by atoms with van der Waals surface area (Å²) in [5.41, 5.74) is 0.0752. The number of carboxylic acids is 1. The summed E-state index contributed by atoms with van der Waals surface area (Å²) < 4.78 is 0. The molecule has 33 heavy (non-hydrogen) atoms. The molecular weight excluding hydrogens is 436 g/mol.